The van der Waals surface area contributed by atoms with Gasteiger partial charge in [-0.15, -0.1) is 0 Å². The Morgan fingerprint density at radius 1 is 1.56 bits per heavy atom. The lowest BCUT2D eigenvalue weighted by Crippen LogP contribution is -2.15. The molecule has 16 heavy (non-hydrogen) atoms. The van der Waals surface area contributed by atoms with E-state index in [2.05, 4.69) is 22.0 Å². The summed E-state index contributed by atoms with van der Waals surface area (Å²) in [6, 6.07) is 7.67. The highest BCUT2D eigenvalue weighted by Gasteiger charge is 2.13. The summed E-state index contributed by atoms with van der Waals surface area (Å²) in [6.45, 7) is 3.81. The Bertz CT molecular complexity index is 398. The lowest BCUT2D eigenvalue weighted by molar-refractivity contribution is 0.248. The number of ether oxygens (including phenoxy) is 1. The van der Waals surface area contributed by atoms with E-state index in [1.54, 1.807) is 0 Å². The number of hydrogen-bond donors (Lipinski definition) is 1. The number of halogens is 1. The lowest BCUT2D eigenvalue weighted by Gasteiger charge is -2.16. The molecule has 0 radical (unpaired) electrons. The molecule has 4 heteroatoms. The number of rotatable bonds is 4. The van der Waals surface area contributed by atoms with E-state index in [0.29, 0.717) is 12.2 Å². The molecule has 1 aromatic rings. The van der Waals surface area contributed by atoms with Gasteiger partial charge in [0.15, 0.2) is 6.10 Å². The molecule has 0 aliphatic rings. The van der Waals surface area contributed by atoms with Gasteiger partial charge in [-0.1, -0.05) is 28.9 Å². The molecule has 2 N–H and O–H groups in total. The fraction of sp³-hybridized carbons (Fsp3) is 0.417. The van der Waals surface area contributed by atoms with E-state index < -0.39 is 6.10 Å². The van der Waals surface area contributed by atoms with Crippen molar-refractivity contribution in [3.05, 3.63) is 28.2 Å². The highest BCUT2D eigenvalue weighted by Crippen LogP contribution is 2.28. The summed E-state index contributed by atoms with van der Waals surface area (Å²) >= 11 is 3.38. The lowest BCUT2D eigenvalue weighted by atomic mass is 10.1. The molecule has 1 rings (SSSR count). The van der Waals surface area contributed by atoms with Gasteiger partial charge >= 0.3 is 0 Å². The van der Waals surface area contributed by atoms with Gasteiger partial charge in [-0.05, 0) is 25.5 Å². The van der Waals surface area contributed by atoms with Gasteiger partial charge in [0.1, 0.15) is 11.8 Å². The molecule has 0 aliphatic carbocycles. The Morgan fingerprint density at radius 3 is 2.75 bits per heavy atom. The maximum absolute atomic E-state index is 8.87. The van der Waals surface area contributed by atoms with Crippen LogP contribution in [0.3, 0.4) is 0 Å². The van der Waals surface area contributed by atoms with E-state index in [9.17, 15) is 0 Å². The van der Waals surface area contributed by atoms with E-state index in [1.807, 2.05) is 32.0 Å². The molecule has 3 nitrogen and oxygen atoms in total. The van der Waals surface area contributed by atoms with E-state index in [4.69, 9.17) is 15.7 Å². The second-order valence-corrected chi connectivity index (χ2v) is 4.53. The van der Waals surface area contributed by atoms with Crippen molar-refractivity contribution in [3.8, 4) is 11.8 Å². The van der Waals surface area contributed by atoms with E-state index >= 15 is 0 Å². The molecular weight excluding hydrogens is 268 g/mol. The van der Waals surface area contributed by atoms with Crippen LogP contribution in [-0.2, 0) is 0 Å². The summed E-state index contributed by atoms with van der Waals surface area (Å²) in [5.74, 6) is 0.678. The molecule has 0 bridgehead atoms. The molecule has 0 saturated carbocycles. The highest BCUT2D eigenvalue weighted by molar-refractivity contribution is 9.10. The van der Waals surface area contributed by atoms with Gasteiger partial charge < -0.3 is 10.5 Å². The molecule has 86 valence electrons. The van der Waals surface area contributed by atoms with Gasteiger partial charge in [-0.25, -0.2) is 0 Å². The first kappa shape index (κ1) is 13.0. The van der Waals surface area contributed by atoms with Crippen LogP contribution in [0.4, 0.5) is 0 Å². The van der Waals surface area contributed by atoms with E-state index in [-0.39, 0.29) is 6.04 Å². The third kappa shape index (κ3) is 3.22. The normalized spacial score (nSPS) is 13.9. The maximum atomic E-state index is 8.87. The molecule has 0 saturated heterocycles. The molecule has 0 heterocycles. The van der Waals surface area contributed by atoms with Crippen LogP contribution in [-0.4, -0.2) is 6.10 Å². The summed E-state index contributed by atoms with van der Waals surface area (Å²) in [4.78, 5) is 0. The molecule has 0 aromatic heterocycles. The fourth-order valence-electron chi connectivity index (χ4n) is 1.34. The Morgan fingerprint density at radius 2 is 2.25 bits per heavy atom. The van der Waals surface area contributed by atoms with Crippen LogP contribution in [0, 0.1) is 11.3 Å². The fourth-order valence-corrected chi connectivity index (χ4v) is 1.68. The maximum Gasteiger partial charge on any atom is 0.184 e. The first-order valence-corrected chi connectivity index (χ1v) is 5.99. The molecular formula is C12H15BrN2O. The summed E-state index contributed by atoms with van der Waals surface area (Å²) < 4.78 is 6.53. The Balaban J connectivity index is 3.01. The van der Waals surface area contributed by atoms with Crippen LogP contribution in [0.25, 0.3) is 0 Å². The minimum Gasteiger partial charge on any atom is -0.475 e. The van der Waals surface area contributed by atoms with Crippen molar-refractivity contribution in [2.24, 2.45) is 5.73 Å². The molecule has 0 spiro atoms. The van der Waals surface area contributed by atoms with Crippen molar-refractivity contribution in [1.29, 1.82) is 5.26 Å². The zero-order valence-electron chi connectivity index (χ0n) is 9.40. The van der Waals surface area contributed by atoms with Crippen LogP contribution in [0.5, 0.6) is 5.75 Å². The second-order valence-electron chi connectivity index (χ2n) is 3.61. The van der Waals surface area contributed by atoms with Gasteiger partial charge in [-0.2, -0.15) is 5.26 Å². The predicted molar refractivity (Wildman–Crippen MR) is 67.1 cm³/mol. The molecule has 2 atom stereocenters. The minimum atomic E-state index is -0.424. The zero-order valence-corrected chi connectivity index (χ0v) is 11.0. The zero-order chi connectivity index (χ0) is 12.1. The number of hydrogen-bond acceptors (Lipinski definition) is 3. The van der Waals surface area contributed by atoms with Crippen molar-refractivity contribution in [2.75, 3.05) is 0 Å². The Hall–Kier alpha value is -1.05. The first-order valence-electron chi connectivity index (χ1n) is 5.19. The Labute approximate surface area is 104 Å². The predicted octanol–water partition coefficient (Wildman–Crippen LogP) is 3.15. The molecule has 0 amide bonds. The smallest absolute Gasteiger partial charge is 0.184 e. The minimum absolute atomic E-state index is 0.112. The summed E-state index contributed by atoms with van der Waals surface area (Å²) in [5.41, 5.74) is 6.76. The van der Waals surface area contributed by atoms with Crippen LogP contribution in [0.15, 0.2) is 22.7 Å². The van der Waals surface area contributed by atoms with Crippen LogP contribution in [0.1, 0.15) is 31.9 Å². The van der Waals surface area contributed by atoms with Crippen LogP contribution in [0.2, 0.25) is 0 Å². The number of benzene rings is 1. The van der Waals surface area contributed by atoms with Crippen molar-refractivity contribution in [2.45, 2.75) is 32.4 Å². The van der Waals surface area contributed by atoms with Gasteiger partial charge in [0, 0.05) is 16.1 Å². The Kier molecular flexibility index (Phi) is 4.78. The highest BCUT2D eigenvalue weighted by atomic mass is 79.9. The number of nitrogens with two attached hydrogens (primary N) is 1. The van der Waals surface area contributed by atoms with Crippen molar-refractivity contribution in [1.82, 2.24) is 0 Å². The van der Waals surface area contributed by atoms with Crippen molar-refractivity contribution >= 4 is 15.9 Å². The van der Waals surface area contributed by atoms with Crippen molar-refractivity contribution < 1.29 is 4.74 Å². The second kappa shape index (κ2) is 5.88. The number of nitriles is 1. The van der Waals surface area contributed by atoms with Gasteiger partial charge in [0.2, 0.25) is 0 Å². The molecule has 1 aromatic carbocycles. The summed E-state index contributed by atoms with van der Waals surface area (Å²) in [6.07, 6.45) is 0.230. The van der Waals surface area contributed by atoms with Gasteiger partial charge in [0.05, 0.1) is 0 Å². The third-order valence-corrected chi connectivity index (χ3v) is 2.74. The summed E-state index contributed by atoms with van der Waals surface area (Å²) in [5, 5.41) is 8.87. The van der Waals surface area contributed by atoms with Crippen molar-refractivity contribution in [3.63, 3.8) is 0 Å². The molecule has 1 unspecified atom stereocenters. The third-order valence-electron chi connectivity index (χ3n) is 2.25. The van der Waals surface area contributed by atoms with Gasteiger partial charge in [0.25, 0.3) is 0 Å². The number of nitrogens with zero attached hydrogens (tertiary/aromatic N) is 1. The summed E-state index contributed by atoms with van der Waals surface area (Å²) in [7, 11) is 0. The standard InChI is InChI=1S/C12H15BrN2O/c1-3-10(7-14)16-12-6-9(13)4-5-11(12)8(2)15/h4-6,8,10H,3,15H2,1-2H3/t8-,10?/m0/s1. The monoisotopic (exact) mass is 282 g/mol. The SMILES string of the molecule is CCC(C#N)Oc1cc(Br)ccc1[C@H](C)N. The van der Waals surface area contributed by atoms with Crippen LogP contribution >= 0.6 is 15.9 Å². The molecule has 0 aliphatic heterocycles. The van der Waals surface area contributed by atoms with E-state index in [0.717, 1.165) is 10.0 Å². The van der Waals surface area contributed by atoms with E-state index in [1.165, 1.54) is 0 Å². The average Bonchev–Trinajstić information content (AvgIpc) is 2.25. The van der Waals surface area contributed by atoms with Crippen LogP contribution < -0.4 is 10.5 Å². The topological polar surface area (TPSA) is 59.0 Å². The quantitative estimate of drug-likeness (QED) is 0.923. The largest absolute Gasteiger partial charge is 0.475 e. The van der Waals surface area contributed by atoms with Gasteiger partial charge in [-0.3, -0.25) is 0 Å². The average molecular weight is 283 g/mol. The first-order chi connectivity index (χ1) is 7.58. The molecule has 0 fully saturated rings.